The van der Waals surface area contributed by atoms with Crippen LogP contribution >= 0.6 is 11.6 Å². The van der Waals surface area contributed by atoms with E-state index >= 15 is 0 Å². The Kier molecular flexibility index (Phi) is 5.92. The lowest BCUT2D eigenvalue weighted by Crippen LogP contribution is -2.58. The van der Waals surface area contributed by atoms with E-state index in [1.807, 2.05) is 6.92 Å². The van der Waals surface area contributed by atoms with E-state index in [4.69, 9.17) is 26.8 Å². The molecule has 7 heteroatoms. The molecule has 2 heterocycles. The molecule has 4 atom stereocenters. The van der Waals surface area contributed by atoms with Gasteiger partial charge >= 0.3 is 0 Å². The van der Waals surface area contributed by atoms with Crippen LogP contribution in [-0.2, 0) is 4.74 Å². The van der Waals surface area contributed by atoms with Gasteiger partial charge in [-0.1, -0.05) is 17.5 Å². The monoisotopic (exact) mass is 377 g/mol. The smallest absolute Gasteiger partial charge is 0.255 e. The van der Waals surface area contributed by atoms with Gasteiger partial charge in [-0.3, -0.25) is 9.69 Å². The second kappa shape index (κ2) is 8.17. The van der Waals surface area contributed by atoms with Crippen LogP contribution in [0.4, 0.5) is 5.69 Å². The number of nitrogens with zero attached hydrogens (tertiary/aromatic N) is 1. The Bertz CT molecular complexity index is 744. The molecule has 1 aromatic carbocycles. The molecule has 3 N–H and O–H groups in total. The third-order valence-corrected chi connectivity index (χ3v) is 5.02. The molecule has 2 saturated heterocycles. The van der Waals surface area contributed by atoms with Crippen molar-refractivity contribution in [1.82, 2.24) is 10.2 Å². The van der Waals surface area contributed by atoms with Crippen LogP contribution in [0.5, 0.6) is 5.75 Å². The van der Waals surface area contributed by atoms with Crippen molar-refractivity contribution in [3.8, 4) is 17.6 Å². The molecule has 6 nitrogen and oxygen atoms in total. The highest BCUT2D eigenvalue weighted by atomic mass is 35.5. The molecule has 1 amide bonds. The van der Waals surface area contributed by atoms with E-state index in [2.05, 4.69) is 22.1 Å². The predicted molar refractivity (Wildman–Crippen MR) is 101 cm³/mol. The summed E-state index contributed by atoms with van der Waals surface area (Å²) in [6.07, 6.45) is 0.504. The lowest BCUT2D eigenvalue weighted by Gasteiger charge is -2.42. The topological polar surface area (TPSA) is 76.8 Å². The molecule has 2 aliphatic rings. The predicted octanol–water partition coefficient (Wildman–Crippen LogP) is 1.92. The van der Waals surface area contributed by atoms with Crippen molar-refractivity contribution in [3.05, 3.63) is 22.7 Å². The quantitative estimate of drug-likeness (QED) is 0.619. The fourth-order valence-electron chi connectivity index (χ4n) is 3.36. The molecule has 0 spiro atoms. The Labute approximate surface area is 159 Å². The number of nitrogen functional groups attached to an aromatic ring is 1. The molecule has 0 saturated carbocycles. The lowest BCUT2D eigenvalue weighted by molar-refractivity contribution is -0.0702. The van der Waals surface area contributed by atoms with Crippen LogP contribution in [0.25, 0.3) is 0 Å². The SMILES string of the molecule is CC#CC(C)Oc1cc(N)c(Cl)cc1C(=O)N[C@H]1CCN2CCOC1C2. The van der Waals surface area contributed by atoms with Crippen molar-refractivity contribution >= 4 is 23.2 Å². The third kappa shape index (κ3) is 4.24. The first-order valence-electron chi connectivity index (χ1n) is 8.80. The highest BCUT2D eigenvalue weighted by Gasteiger charge is 2.34. The highest BCUT2D eigenvalue weighted by molar-refractivity contribution is 6.33. The van der Waals surface area contributed by atoms with Crippen molar-refractivity contribution in [2.75, 3.05) is 32.0 Å². The van der Waals surface area contributed by atoms with E-state index in [-0.39, 0.29) is 24.2 Å². The summed E-state index contributed by atoms with van der Waals surface area (Å²) in [5.74, 6) is 5.83. The number of hydrogen-bond donors (Lipinski definition) is 2. The number of amides is 1. The Morgan fingerprint density at radius 2 is 2.31 bits per heavy atom. The van der Waals surface area contributed by atoms with Gasteiger partial charge < -0.3 is 20.5 Å². The molecule has 0 aliphatic carbocycles. The van der Waals surface area contributed by atoms with Gasteiger partial charge in [0, 0.05) is 25.7 Å². The van der Waals surface area contributed by atoms with E-state index in [1.54, 1.807) is 19.1 Å². The molecule has 0 aromatic heterocycles. The zero-order valence-corrected chi connectivity index (χ0v) is 15.8. The van der Waals surface area contributed by atoms with Crippen LogP contribution in [0.3, 0.4) is 0 Å². The molecule has 0 radical (unpaired) electrons. The van der Waals surface area contributed by atoms with Crippen molar-refractivity contribution < 1.29 is 14.3 Å². The molecule has 140 valence electrons. The summed E-state index contributed by atoms with van der Waals surface area (Å²) in [7, 11) is 0. The zero-order chi connectivity index (χ0) is 18.7. The zero-order valence-electron chi connectivity index (χ0n) is 15.0. The summed E-state index contributed by atoms with van der Waals surface area (Å²) >= 11 is 6.13. The molecular weight excluding hydrogens is 354 g/mol. The van der Waals surface area contributed by atoms with Crippen molar-refractivity contribution in [1.29, 1.82) is 0 Å². The Morgan fingerprint density at radius 3 is 3.08 bits per heavy atom. The Balaban J connectivity index is 1.78. The average molecular weight is 378 g/mol. The van der Waals surface area contributed by atoms with Crippen molar-refractivity contribution in [3.63, 3.8) is 0 Å². The number of carbonyl (C=O) groups is 1. The number of halogens is 1. The lowest BCUT2D eigenvalue weighted by atomic mass is 9.99. The first kappa shape index (κ1) is 18.8. The number of piperidine rings is 1. The van der Waals surface area contributed by atoms with E-state index in [0.717, 1.165) is 26.1 Å². The van der Waals surface area contributed by atoms with Gasteiger partial charge in [-0.05, 0) is 26.3 Å². The number of fused-ring (bicyclic) bond motifs is 2. The minimum absolute atomic E-state index is 0.0138. The van der Waals surface area contributed by atoms with Gasteiger partial charge in [0.25, 0.3) is 5.91 Å². The summed E-state index contributed by atoms with van der Waals surface area (Å²) in [5, 5.41) is 3.40. The molecular formula is C19H24ClN3O3. The van der Waals surface area contributed by atoms with E-state index in [9.17, 15) is 4.79 Å². The third-order valence-electron chi connectivity index (χ3n) is 4.69. The average Bonchev–Trinajstić information content (AvgIpc) is 2.61. The maximum Gasteiger partial charge on any atom is 0.255 e. The molecule has 3 unspecified atom stereocenters. The van der Waals surface area contributed by atoms with Crippen molar-refractivity contribution in [2.24, 2.45) is 0 Å². The number of ether oxygens (including phenoxy) is 2. The molecule has 1 aromatic rings. The Morgan fingerprint density at radius 1 is 1.50 bits per heavy atom. The Hall–Kier alpha value is -1.94. The number of hydrogen-bond acceptors (Lipinski definition) is 5. The van der Waals surface area contributed by atoms with Gasteiger partial charge in [0.05, 0.1) is 35.0 Å². The minimum atomic E-state index is -0.364. The molecule has 2 aliphatic heterocycles. The summed E-state index contributed by atoms with van der Waals surface area (Å²) in [4.78, 5) is 15.3. The molecule has 3 rings (SSSR count). The summed E-state index contributed by atoms with van der Waals surface area (Å²) in [5.41, 5.74) is 6.60. The maximum atomic E-state index is 12.9. The van der Waals surface area contributed by atoms with Gasteiger partial charge in [-0.25, -0.2) is 0 Å². The van der Waals surface area contributed by atoms with Gasteiger partial charge in [-0.15, -0.1) is 5.92 Å². The van der Waals surface area contributed by atoms with Crippen LogP contribution in [0.15, 0.2) is 12.1 Å². The second-order valence-corrected chi connectivity index (χ2v) is 7.01. The van der Waals surface area contributed by atoms with Crippen LogP contribution in [0.1, 0.15) is 30.6 Å². The number of rotatable bonds is 4. The van der Waals surface area contributed by atoms with Crippen LogP contribution in [0, 0.1) is 11.8 Å². The largest absolute Gasteiger partial charge is 0.477 e. The number of morpholine rings is 1. The number of nitrogens with one attached hydrogen (secondary N) is 1. The van der Waals surface area contributed by atoms with Gasteiger partial charge in [0.2, 0.25) is 0 Å². The second-order valence-electron chi connectivity index (χ2n) is 6.60. The van der Waals surface area contributed by atoms with Crippen LogP contribution < -0.4 is 15.8 Å². The standard InChI is InChI=1S/C19H24ClN3O3/c1-3-4-12(2)26-17-10-15(21)14(20)9-13(17)19(24)22-16-5-6-23-7-8-25-18(16)11-23/h9-10,12,16,18H,5-8,11,21H2,1-2H3,(H,22,24)/t12?,16-,18?/m0/s1. The first-order valence-corrected chi connectivity index (χ1v) is 9.18. The maximum absolute atomic E-state index is 12.9. The fraction of sp³-hybridized carbons (Fsp3) is 0.526. The number of nitrogens with two attached hydrogens (primary N) is 1. The van der Waals surface area contributed by atoms with E-state index in [1.165, 1.54) is 0 Å². The van der Waals surface area contributed by atoms with Crippen LogP contribution in [0.2, 0.25) is 5.02 Å². The van der Waals surface area contributed by atoms with Crippen molar-refractivity contribution in [2.45, 2.75) is 38.5 Å². The van der Waals surface area contributed by atoms with Gasteiger partial charge in [-0.2, -0.15) is 0 Å². The molecule has 2 bridgehead atoms. The highest BCUT2D eigenvalue weighted by Crippen LogP contribution is 2.30. The molecule has 26 heavy (non-hydrogen) atoms. The number of carbonyl (C=O) groups excluding carboxylic acids is 1. The van der Waals surface area contributed by atoms with Crippen LogP contribution in [-0.4, -0.2) is 55.3 Å². The summed E-state index contributed by atoms with van der Waals surface area (Å²) in [6, 6.07) is 3.09. The molecule has 2 fully saturated rings. The van der Waals surface area contributed by atoms with Gasteiger partial charge in [0.1, 0.15) is 5.75 Å². The first-order chi connectivity index (χ1) is 12.5. The minimum Gasteiger partial charge on any atom is -0.477 e. The fourth-order valence-corrected chi connectivity index (χ4v) is 3.53. The summed E-state index contributed by atoms with van der Waals surface area (Å²) in [6.45, 7) is 7.01. The number of anilines is 1. The van der Waals surface area contributed by atoms with Gasteiger partial charge in [0.15, 0.2) is 6.10 Å². The normalized spacial score (nSPS) is 25.6. The van der Waals surface area contributed by atoms with E-state index < -0.39 is 0 Å². The van der Waals surface area contributed by atoms with E-state index in [0.29, 0.717) is 28.6 Å². The number of benzene rings is 1. The summed E-state index contributed by atoms with van der Waals surface area (Å²) < 4.78 is 11.6.